The van der Waals surface area contributed by atoms with E-state index in [0.717, 1.165) is 12.8 Å². The van der Waals surface area contributed by atoms with Crippen LogP contribution in [0.4, 0.5) is 0 Å². The van der Waals surface area contributed by atoms with E-state index < -0.39 is 10.0 Å². The first-order valence-corrected chi connectivity index (χ1v) is 8.75. The normalized spacial score (nSPS) is 22.2. The zero-order valence-corrected chi connectivity index (χ0v) is 14.5. The lowest BCUT2D eigenvalue weighted by Crippen LogP contribution is -2.57. The van der Waals surface area contributed by atoms with Crippen molar-refractivity contribution in [2.24, 2.45) is 0 Å². The third-order valence-electron chi connectivity index (χ3n) is 3.68. The molecular weight excluding hydrogens is 330 g/mol. The highest BCUT2D eigenvalue weighted by molar-refractivity contribution is 7.88. The second kappa shape index (κ2) is 7.45. The van der Waals surface area contributed by atoms with Crippen molar-refractivity contribution < 1.29 is 17.6 Å². The van der Waals surface area contributed by atoms with E-state index in [0.29, 0.717) is 12.3 Å². The third kappa shape index (κ3) is 4.70. The summed E-state index contributed by atoms with van der Waals surface area (Å²) in [5.74, 6) is 0.488. The van der Waals surface area contributed by atoms with Gasteiger partial charge in [0.25, 0.3) is 5.91 Å². The van der Waals surface area contributed by atoms with Gasteiger partial charge in [-0.1, -0.05) is 0 Å². The van der Waals surface area contributed by atoms with Crippen LogP contribution in [0.25, 0.3) is 0 Å². The lowest BCUT2D eigenvalue weighted by Gasteiger charge is -2.38. The molecule has 0 radical (unpaired) electrons. The fraction of sp³-hybridized carbons (Fsp3) is 0.615. The number of carbonyl (C=O) groups excluding carboxylic acids is 1. The minimum atomic E-state index is -3.28. The zero-order chi connectivity index (χ0) is 15.6. The van der Waals surface area contributed by atoms with Crippen molar-refractivity contribution in [3.63, 3.8) is 0 Å². The summed E-state index contributed by atoms with van der Waals surface area (Å²) in [6, 6.07) is 3.50. The Morgan fingerprint density at radius 2 is 2.14 bits per heavy atom. The molecule has 0 aliphatic carbocycles. The average Bonchev–Trinajstić information content (AvgIpc) is 2.87. The molecule has 1 aliphatic rings. The molecule has 1 fully saturated rings. The minimum absolute atomic E-state index is 0. The number of hydrogen-bond donors (Lipinski definition) is 2. The van der Waals surface area contributed by atoms with E-state index in [-0.39, 0.29) is 42.7 Å². The summed E-state index contributed by atoms with van der Waals surface area (Å²) in [6.07, 6.45) is 1.08. The molecule has 0 bridgehead atoms. The van der Waals surface area contributed by atoms with Gasteiger partial charge in [-0.25, -0.2) is 13.1 Å². The van der Waals surface area contributed by atoms with Crippen molar-refractivity contribution in [3.8, 4) is 0 Å². The molecule has 1 aliphatic heterocycles. The Labute approximate surface area is 136 Å². The molecule has 7 nitrogen and oxygen atoms in total. The molecule has 2 atom stereocenters. The SMILES string of the molecule is CC1NCCN(C(=O)c2ccc(CNS(C)(=O)=O)o2)C1C.Cl. The van der Waals surface area contributed by atoms with E-state index in [9.17, 15) is 13.2 Å². The summed E-state index contributed by atoms with van der Waals surface area (Å²) in [4.78, 5) is 14.2. The molecule has 2 heterocycles. The summed E-state index contributed by atoms with van der Waals surface area (Å²) in [5.41, 5.74) is 0. The quantitative estimate of drug-likeness (QED) is 0.827. The largest absolute Gasteiger partial charge is 0.455 e. The van der Waals surface area contributed by atoms with Gasteiger partial charge < -0.3 is 14.6 Å². The molecule has 2 unspecified atom stereocenters. The Kier molecular flexibility index (Phi) is 6.42. The number of nitrogens with one attached hydrogen (secondary N) is 2. The Morgan fingerprint density at radius 1 is 1.45 bits per heavy atom. The third-order valence-corrected chi connectivity index (χ3v) is 4.34. The Morgan fingerprint density at radius 3 is 2.77 bits per heavy atom. The van der Waals surface area contributed by atoms with Crippen molar-refractivity contribution in [3.05, 3.63) is 23.7 Å². The summed E-state index contributed by atoms with van der Waals surface area (Å²) in [6.45, 7) is 5.44. The first-order valence-electron chi connectivity index (χ1n) is 6.85. The molecule has 1 aromatic rings. The van der Waals surface area contributed by atoms with Gasteiger partial charge in [0.05, 0.1) is 12.8 Å². The van der Waals surface area contributed by atoms with Gasteiger partial charge in [0, 0.05) is 25.2 Å². The minimum Gasteiger partial charge on any atom is -0.455 e. The van der Waals surface area contributed by atoms with Crippen molar-refractivity contribution in [2.45, 2.75) is 32.5 Å². The van der Waals surface area contributed by atoms with Crippen LogP contribution in [0.3, 0.4) is 0 Å². The van der Waals surface area contributed by atoms with E-state index in [1.807, 2.05) is 13.8 Å². The van der Waals surface area contributed by atoms with Gasteiger partial charge in [0.15, 0.2) is 5.76 Å². The molecule has 2 N–H and O–H groups in total. The van der Waals surface area contributed by atoms with Crippen LogP contribution in [0.15, 0.2) is 16.5 Å². The number of piperazine rings is 1. The lowest BCUT2D eigenvalue weighted by atomic mass is 10.1. The van der Waals surface area contributed by atoms with Gasteiger partial charge >= 0.3 is 0 Å². The standard InChI is InChI=1S/C13H21N3O4S.ClH/c1-9-10(2)16(7-6-14-9)13(17)12-5-4-11(20-12)8-15-21(3,18)19;/h4-5,9-10,14-15H,6-8H2,1-3H3;1H. The molecule has 1 aromatic heterocycles. The number of amides is 1. The predicted molar refractivity (Wildman–Crippen MR) is 85.6 cm³/mol. The number of rotatable bonds is 4. The van der Waals surface area contributed by atoms with Crippen LogP contribution in [0, 0.1) is 0 Å². The summed E-state index contributed by atoms with van der Waals surface area (Å²) >= 11 is 0. The van der Waals surface area contributed by atoms with Crippen LogP contribution in [0.5, 0.6) is 0 Å². The van der Waals surface area contributed by atoms with Crippen LogP contribution >= 0.6 is 12.4 Å². The molecule has 22 heavy (non-hydrogen) atoms. The van der Waals surface area contributed by atoms with E-state index in [1.54, 1.807) is 17.0 Å². The van der Waals surface area contributed by atoms with Crippen molar-refractivity contribution in [1.82, 2.24) is 14.9 Å². The maximum atomic E-state index is 12.4. The molecular formula is C13H22ClN3O4S. The number of halogens is 1. The number of nitrogens with zero attached hydrogens (tertiary/aromatic N) is 1. The van der Waals surface area contributed by atoms with E-state index in [2.05, 4.69) is 10.0 Å². The van der Waals surface area contributed by atoms with Gasteiger partial charge in [-0.05, 0) is 26.0 Å². The summed E-state index contributed by atoms with van der Waals surface area (Å²) in [5, 5.41) is 3.31. The fourth-order valence-corrected chi connectivity index (χ4v) is 2.68. The molecule has 0 saturated carbocycles. The molecule has 0 spiro atoms. The van der Waals surface area contributed by atoms with Gasteiger partial charge in [-0.15, -0.1) is 12.4 Å². The summed E-state index contributed by atoms with van der Waals surface area (Å²) in [7, 11) is -3.28. The van der Waals surface area contributed by atoms with Gasteiger partial charge in [-0.3, -0.25) is 4.79 Å². The Hall–Kier alpha value is -1.09. The van der Waals surface area contributed by atoms with Crippen LogP contribution < -0.4 is 10.0 Å². The van der Waals surface area contributed by atoms with Crippen LogP contribution in [0.1, 0.15) is 30.2 Å². The highest BCUT2D eigenvalue weighted by atomic mass is 35.5. The lowest BCUT2D eigenvalue weighted by molar-refractivity contribution is 0.0569. The van der Waals surface area contributed by atoms with Gasteiger partial charge in [0.2, 0.25) is 10.0 Å². The Balaban J connectivity index is 0.00000242. The highest BCUT2D eigenvalue weighted by Gasteiger charge is 2.30. The summed E-state index contributed by atoms with van der Waals surface area (Å²) < 4.78 is 29.8. The monoisotopic (exact) mass is 351 g/mol. The highest BCUT2D eigenvalue weighted by Crippen LogP contribution is 2.16. The van der Waals surface area contributed by atoms with E-state index >= 15 is 0 Å². The second-order valence-corrected chi connectivity index (χ2v) is 7.17. The van der Waals surface area contributed by atoms with Crippen LogP contribution in [0.2, 0.25) is 0 Å². The molecule has 0 aromatic carbocycles. The van der Waals surface area contributed by atoms with Crippen LogP contribution in [-0.4, -0.2) is 50.7 Å². The molecule has 126 valence electrons. The van der Waals surface area contributed by atoms with Gasteiger partial charge in [-0.2, -0.15) is 0 Å². The average molecular weight is 352 g/mol. The number of sulfonamides is 1. The molecule has 2 rings (SSSR count). The second-order valence-electron chi connectivity index (χ2n) is 5.34. The smallest absolute Gasteiger partial charge is 0.289 e. The van der Waals surface area contributed by atoms with E-state index in [1.165, 1.54) is 0 Å². The predicted octanol–water partition coefficient (Wildman–Crippen LogP) is 0.573. The van der Waals surface area contributed by atoms with Crippen molar-refractivity contribution in [1.29, 1.82) is 0 Å². The van der Waals surface area contributed by atoms with Crippen molar-refractivity contribution in [2.75, 3.05) is 19.3 Å². The fourth-order valence-electron chi connectivity index (χ4n) is 2.27. The zero-order valence-electron chi connectivity index (χ0n) is 12.8. The number of hydrogen-bond acceptors (Lipinski definition) is 5. The number of carbonyl (C=O) groups is 1. The first-order chi connectivity index (χ1) is 9.78. The number of furan rings is 1. The maximum absolute atomic E-state index is 12.4. The Bertz CT molecular complexity index is 617. The van der Waals surface area contributed by atoms with Gasteiger partial charge in [0.1, 0.15) is 5.76 Å². The molecule has 9 heteroatoms. The molecule has 1 amide bonds. The first kappa shape index (κ1) is 19.0. The maximum Gasteiger partial charge on any atom is 0.289 e. The topological polar surface area (TPSA) is 91.7 Å². The van der Waals surface area contributed by atoms with Crippen molar-refractivity contribution >= 4 is 28.3 Å². The van der Waals surface area contributed by atoms with E-state index in [4.69, 9.17) is 4.42 Å². The molecule has 1 saturated heterocycles. The van der Waals surface area contributed by atoms with Crippen LogP contribution in [-0.2, 0) is 16.6 Å².